The molecule has 0 aliphatic heterocycles. The highest BCUT2D eigenvalue weighted by Gasteiger charge is 2.39. The summed E-state index contributed by atoms with van der Waals surface area (Å²) >= 11 is 1.82. The molecule has 19 heavy (non-hydrogen) atoms. The molecule has 1 N–H and O–H groups in total. The topological polar surface area (TPSA) is 35.8 Å². The zero-order chi connectivity index (χ0) is 13.1. The molecule has 0 aromatic carbocycles. The Morgan fingerprint density at radius 1 is 1.21 bits per heavy atom. The Hall–Kier alpha value is -0.850. The normalized spacial score (nSPS) is 28.4. The monoisotopic (exact) mass is 274 g/mol. The average Bonchev–Trinajstić information content (AvgIpc) is 2.78. The summed E-state index contributed by atoms with van der Waals surface area (Å²) in [7, 11) is 0. The van der Waals surface area contributed by atoms with E-state index in [1.807, 2.05) is 11.3 Å². The second-order valence-corrected chi connectivity index (χ2v) is 6.96. The second-order valence-electron chi connectivity index (χ2n) is 5.96. The highest BCUT2D eigenvalue weighted by atomic mass is 32.1. The third-order valence-electron chi connectivity index (χ3n) is 4.66. The molecule has 1 atom stereocenters. The van der Waals surface area contributed by atoms with Crippen LogP contribution < -0.4 is 5.32 Å². The molecule has 1 heterocycles. The van der Waals surface area contributed by atoms with E-state index in [-0.39, 0.29) is 0 Å². The Morgan fingerprint density at radius 3 is 2.74 bits per heavy atom. The molecule has 0 amide bonds. The predicted molar refractivity (Wildman–Crippen MR) is 79.2 cm³/mol. The summed E-state index contributed by atoms with van der Waals surface area (Å²) in [5.74, 6) is 0. The van der Waals surface area contributed by atoms with Gasteiger partial charge in [0.15, 0.2) is 0 Å². The maximum atomic E-state index is 9.80. The van der Waals surface area contributed by atoms with E-state index in [9.17, 15) is 5.26 Å². The minimum Gasteiger partial charge on any atom is -0.293 e. The molecule has 2 aliphatic carbocycles. The molecule has 0 radical (unpaired) electrons. The van der Waals surface area contributed by atoms with Crippen LogP contribution in [-0.4, -0.2) is 6.04 Å². The molecule has 3 heteroatoms. The molecular formula is C16H22N2S. The molecule has 2 aliphatic rings. The van der Waals surface area contributed by atoms with Crippen LogP contribution in [0.25, 0.3) is 0 Å². The van der Waals surface area contributed by atoms with Gasteiger partial charge in [0.1, 0.15) is 5.54 Å². The van der Waals surface area contributed by atoms with Gasteiger partial charge >= 0.3 is 0 Å². The van der Waals surface area contributed by atoms with Crippen LogP contribution in [-0.2, 0) is 12.0 Å². The Balaban J connectivity index is 1.83. The number of thiophene rings is 1. The van der Waals surface area contributed by atoms with Crippen molar-refractivity contribution in [1.82, 2.24) is 5.32 Å². The van der Waals surface area contributed by atoms with Crippen LogP contribution in [0.5, 0.6) is 0 Å². The lowest BCUT2D eigenvalue weighted by molar-refractivity contribution is 0.303. The van der Waals surface area contributed by atoms with Crippen molar-refractivity contribution in [3.63, 3.8) is 0 Å². The lowest BCUT2D eigenvalue weighted by atomic mass is 9.80. The number of rotatable bonds is 2. The summed E-state index contributed by atoms with van der Waals surface area (Å²) < 4.78 is 0. The summed E-state index contributed by atoms with van der Waals surface area (Å²) in [6.07, 6.45) is 11.1. The van der Waals surface area contributed by atoms with Gasteiger partial charge in [-0.15, -0.1) is 11.3 Å². The number of hydrogen-bond donors (Lipinski definition) is 1. The van der Waals surface area contributed by atoms with Crippen LogP contribution in [0.15, 0.2) is 11.4 Å². The summed E-state index contributed by atoms with van der Waals surface area (Å²) in [5.41, 5.74) is 0.873. The Kier molecular flexibility index (Phi) is 3.91. The fraction of sp³-hybridized carbons (Fsp3) is 0.688. The van der Waals surface area contributed by atoms with E-state index >= 15 is 0 Å². The van der Waals surface area contributed by atoms with Gasteiger partial charge in [-0.05, 0) is 43.6 Å². The average molecular weight is 274 g/mol. The van der Waals surface area contributed by atoms with E-state index in [1.54, 1.807) is 0 Å². The van der Waals surface area contributed by atoms with Crippen LogP contribution in [0.1, 0.15) is 61.8 Å². The van der Waals surface area contributed by atoms with Gasteiger partial charge in [0.2, 0.25) is 0 Å². The first-order chi connectivity index (χ1) is 9.34. The van der Waals surface area contributed by atoms with Crippen LogP contribution in [0.4, 0.5) is 0 Å². The number of nitrogens with one attached hydrogen (secondary N) is 1. The molecule has 1 unspecified atom stereocenters. The molecule has 0 bridgehead atoms. The largest absolute Gasteiger partial charge is 0.293 e. The van der Waals surface area contributed by atoms with Crippen LogP contribution in [0, 0.1) is 11.3 Å². The quantitative estimate of drug-likeness (QED) is 0.824. The predicted octanol–water partition coefficient (Wildman–Crippen LogP) is 4.12. The summed E-state index contributed by atoms with van der Waals surface area (Å²) in [6, 6.07) is 5.33. The zero-order valence-electron chi connectivity index (χ0n) is 11.5. The van der Waals surface area contributed by atoms with Crippen LogP contribution >= 0.6 is 11.3 Å². The fourth-order valence-electron chi connectivity index (χ4n) is 3.63. The Bertz CT molecular complexity index is 465. The Labute approximate surface area is 119 Å². The molecule has 0 spiro atoms. The van der Waals surface area contributed by atoms with Crippen molar-refractivity contribution in [3.8, 4) is 6.07 Å². The van der Waals surface area contributed by atoms with Gasteiger partial charge in [-0.1, -0.05) is 25.7 Å². The molecule has 102 valence electrons. The van der Waals surface area contributed by atoms with E-state index in [0.29, 0.717) is 6.04 Å². The third kappa shape index (κ3) is 2.57. The van der Waals surface area contributed by atoms with Gasteiger partial charge in [0, 0.05) is 16.5 Å². The lowest BCUT2D eigenvalue weighted by Crippen LogP contribution is -2.48. The van der Waals surface area contributed by atoms with Crippen molar-refractivity contribution in [2.75, 3.05) is 0 Å². The Morgan fingerprint density at radius 2 is 2.00 bits per heavy atom. The van der Waals surface area contributed by atoms with Gasteiger partial charge in [-0.3, -0.25) is 5.32 Å². The standard InChI is InChI=1S/C16H22N2S/c17-12-16(18-13-6-3-1-2-4-7-13)10-5-8-15-14(16)9-11-19-15/h9,11,13,18H,1-8,10H2. The van der Waals surface area contributed by atoms with E-state index < -0.39 is 5.54 Å². The minimum absolute atomic E-state index is 0.400. The first-order valence-electron chi connectivity index (χ1n) is 7.60. The zero-order valence-corrected chi connectivity index (χ0v) is 12.3. The maximum Gasteiger partial charge on any atom is 0.133 e. The van der Waals surface area contributed by atoms with Gasteiger partial charge < -0.3 is 0 Å². The summed E-state index contributed by atoms with van der Waals surface area (Å²) in [4.78, 5) is 1.42. The molecule has 1 aromatic heterocycles. The third-order valence-corrected chi connectivity index (χ3v) is 5.64. The highest BCUT2D eigenvalue weighted by molar-refractivity contribution is 7.10. The van der Waals surface area contributed by atoms with Crippen LogP contribution in [0.3, 0.4) is 0 Å². The van der Waals surface area contributed by atoms with E-state index in [0.717, 1.165) is 19.3 Å². The van der Waals surface area contributed by atoms with Crippen molar-refractivity contribution in [3.05, 3.63) is 21.9 Å². The van der Waals surface area contributed by atoms with Gasteiger partial charge in [0.05, 0.1) is 6.07 Å². The van der Waals surface area contributed by atoms with E-state index in [1.165, 1.54) is 49.0 Å². The van der Waals surface area contributed by atoms with Crippen molar-refractivity contribution < 1.29 is 0 Å². The van der Waals surface area contributed by atoms with Crippen molar-refractivity contribution in [2.24, 2.45) is 0 Å². The van der Waals surface area contributed by atoms with Gasteiger partial charge in [-0.25, -0.2) is 0 Å². The number of hydrogen-bond acceptors (Lipinski definition) is 3. The lowest BCUT2D eigenvalue weighted by Gasteiger charge is -2.35. The second kappa shape index (κ2) is 5.64. The molecule has 2 nitrogen and oxygen atoms in total. The SMILES string of the molecule is N#CC1(NC2CCCCCC2)CCCc2sccc21. The van der Waals surface area contributed by atoms with Gasteiger partial charge in [0.25, 0.3) is 0 Å². The fourth-order valence-corrected chi connectivity index (χ4v) is 4.63. The molecule has 3 rings (SSSR count). The highest BCUT2D eigenvalue weighted by Crippen LogP contribution is 2.39. The minimum atomic E-state index is -0.400. The summed E-state index contributed by atoms with van der Waals surface area (Å²) in [5, 5.41) is 15.7. The van der Waals surface area contributed by atoms with E-state index in [4.69, 9.17) is 0 Å². The molecular weight excluding hydrogens is 252 g/mol. The van der Waals surface area contributed by atoms with Crippen LogP contribution in [0.2, 0.25) is 0 Å². The first-order valence-corrected chi connectivity index (χ1v) is 8.48. The number of aryl methyl sites for hydroxylation is 1. The van der Waals surface area contributed by atoms with E-state index in [2.05, 4.69) is 22.8 Å². The van der Waals surface area contributed by atoms with Crippen molar-refractivity contribution in [2.45, 2.75) is 69.4 Å². The molecule has 1 aromatic rings. The van der Waals surface area contributed by atoms with Gasteiger partial charge in [-0.2, -0.15) is 5.26 Å². The summed E-state index contributed by atoms with van der Waals surface area (Å²) in [6.45, 7) is 0. The van der Waals surface area contributed by atoms with Crippen molar-refractivity contribution >= 4 is 11.3 Å². The molecule has 1 saturated carbocycles. The van der Waals surface area contributed by atoms with Crippen molar-refractivity contribution in [1.29, 1.82) is 5.26 Å². The number of fused-ring (bicyclic) bond motifs is 1. The number of nitrogens with zero attached hydrogens (tertiary/aromatic N) is 1. The maximum absolute atomic E-state index is 9.80. The smallest absolute Gasteiger partial charge is 0.133 e. The first kappa shape index (κ1) is 13.1. The molecule has 0 saturated heterocycles. The molecule has 1 fully saturated rings. The number of nitriles is 1.